The van der Waals surface area contributed by atoms with E-state index in [2.05, 4.69) is 33.9 Å². The second-order valence-corrected chi connectivity index (χ2v) is 13.4. The van der Waals surface area contributed by atoms with Gasteiger partial charge in [-0.2, -0.15) is 0 Å². The Labute approximate surface area is 146 Å². The molecule has 0 amide bonds. The van der Waals surface area contributed by atoms with Crippen LogP contribution < -0.4 is 0 Å². The summed E-state index contributed by atoms with van der Waals surface area (Å²) >= 11 is 0. The Balaban J connectivity index is 2.06. The van der Waals surface area contributed by atoms with Gasteiger partial charge in [-0.3, -0.25) is 4.79 Å². The monoisotopic (exact) mass is 360 g/mol. The summed E-state index contributed by atoms with van der Waals surface area (Å²) in [5.41, 5.74) is 0. The van der Waals surface area contributed by atoms with E-state index in [0.717, 1.165) is 0 Å². The minimum atomic E-state index is -1.88. The van der Waals surface area contributed by atoms with Gasteiger partial charge in [-0.1, -0.05) is 20.8 Å². The lowest BCUT2D eigenvalue weighted by Gasteiger charge is -2.37. The number of ether oxygens (including phenoxy) is 4. The number of esters is 1. The van der Waals surface area contributed by atoms with E-state index in [9.17, 15) is 4.79 Å². The lowest BCUT2D eigenvalue weighted by Crippen LogP contribution is -2.44. The zero-order valence-electron chi connectivity index (χ0n) is 16.2. The number of fused-ring (bicyclic) bond motifs is 1. The molecule has 0 saturated carbocycles. The predicted octanol–water partition coefficient (Wildman–Crippen LogP) is 2.86. The van der Waals surface area contributed by atoms with Crippen LogP contribution in [0.3, 0.4) is 0 Å². The highest BCUT2D eigenvalue weighted by Crippen LogP contribution is 2.41. The van der Waals surface area contributed by atoms with Gasteiger partial charge < -0.3 is 23.4 Å². The fourth-order valence-electron chi connectivity index (χ4n) is 2.82. The Morgan fingerprint density at radius 2 is 1.67 bits per heavy atom. The number of rotatable bonds is 5. The molecule has 7 heteroatoms. The van der Waals surface area contributed by atoms with Crippen molar-refractivity contribution < 1.29 is 28.2 Å². The summed E-state index contributed by atoms with van der Waals surface area (Å²) in [7, 11) is -0.503. The van der Waals surface area contributed by atoms with E-state index in [0.29, 0.717) is 6.61 Å². The number of hydrogen-bond acceptors (Lipinski definition) is 6. The maximum absolute atomic E-state index is 11.6. The van der Waals surface area contributed by atoms with Crippen LogP contribution >= 0.6 is 0 Å². The second kappa shape index (κ2) is 6.68. The fourth-order valence-corrected chi connectivity index (χ4v) is 3.84. The molecule has 0 aromatic rings. The summed E-state index contributed by atoms with van der Waals surface area (Å²) in [4.78, 5) is 11.6. The Morgan fingerprint density at radius 3 is 2.17 bits per heavy atom. The molecule has 140 valence electrons. The average Bonchev–Trinajstić information content (AvgIpc) is 2.90. The molecule has 2 heterocycles. The summed E-state index contributed by atoms with van der Waals surface area (Å²) in [5, 5.41) is 0.128. The van der Waals surface area contributed by atoms with Crippen LogP contribution in [0.1, 0.15) is 41.0 Å². The van der Waals surface area contributed by atoms with Gasteiger partial charge in [0.15, 0.2) is 14.1 Å². The maximum atomic E-state index is 11.6. The molecule has 6 nitrogen and oxygen atoms in total. The number of hydrogen-bond donors (Lipinski definition) is 0. The van der Waals surface area contributed by atoms with Crippen LogP contribution in [0.5, 0.6) is 0 Å². The van der Waals surface area contributed by atoms with Crippen molar-refractivity contribution in [3.63, 3.8) is 0 Å². The van der Waals surface area contributed by atoms with Crippen molar-refractivity contribution in [3.8, 4) is 0 Å². The zero-order chi connectivity index (χ0) is 18.3. The first-order valence-electron chi connectivity index (χ1n) is 8.58. The summed E-state index contributed by atoms with van der Waals surface area (Å²) in [6.45, 7) is 15.2. The van der Waals surface area contributed by atoms with Crippen LogP contribution in [0.4, 0.5) is 0 Å². The Hall–Kier alpha value is -0.473. The number of carbonyl (C=O) groups excluding carboxylic acids is 1. The van der Waals surface area contributed by atoms with Crippen LogP contribution in [0.25, 0.3) is 0 Å². The summed E-state index contributed by atoms with van der Waals surface area (Å²) in [5.74, 6) is -0.985. The largest absolute Gasteiger partial charge is 0.469 e. The maximum Gasteiger partial charge on any atom is 0.308 e. The molecule has 0 aromatic carbocycles. The molecule has 0 aromatic heterocycles. The molecule has 0 radical (unpaired) electrons. The van der Waals surface area contributed by atoms with Crippen molar-refractivity contribution in [2.45, 2.75) is 89.4 Å². The van der Waals surface area contributed by atoms with E-state index >= 15 is 0 Å². The fraction of sp³-hybridized carbons (Fsp3) is 0.941. The molecule has 24 heavy (non-hydrogen) atoms. The third-order valence-electron chi connectivity index (χ3n) is 5.26. The second-order valence-electron chi connectivity index (χ2n) is 8.63. The molecule has 2 rings (SSSR count). The smallest absolute Gasteiger partial charge is 0.308 e. The molecule has 2 aliphatic rings. The third kappa shape index (κ3) is 4.19. The minimum absolute atomic E-state index is 0.128. The Morgan fingerprint density at radius 1 is 1.12 bits per heavy atom. The molecule has 2 aliphatic heterocycles. The zero-order valence-corrected chi connectivity index (χ0v) is 17.2. The van der Waals surface area contributed by atoms with Crippen molar-refractivity contribution in [1.29, 1.82) is 0 Å². The highest BCUT2D eigenvalue weighted by Gasteiger charge is 2.56. The molecule has 4 atom stereocenters. The van der Waals surface area contributed by atoms with Crippen molar-refractivity contribution in [3.05, 3.63) is 0 Å². The van der Waals surface area contributed by atoms with Crippen LogP contribution in [-0.2, 0) is 28.2 Å². The normalized spacial score (nSPS) is 32.7. The van der Waals surface area contributed by atoms with Crippen molar-refractivity contribution in [2.75, 3.05) is 13.7 Å². The van der Waals surface area contributed by atoms with Crippen LogP contribution in [0.15, 0.2) is 0 Å². The van der Waals surface area contributed by atoms with Crippen LogP contribution in [0.2, 0.25) is 18.1 Å². The highest BCUT2D eigenvalue weighted by atomic mass is 28.4. The van der Waals surface area contributed by atoms with Gasteiger partial charge in [0.05, 0.1) is 26.2 Å². The SMILES string of the molecule is COC(=O)C[C@@H]1O[C@H](CO[Si](C)(C)C(C)(C)C)[C@@H]2OC(C)(C)O[C@@H]21. The first kappa shape index (κ1) is 19.8. The minimum Gasteiger partial charge on any atom is -0.469 e. The van der Waals surface area contributed by atoms with Gasteiger partial charge in [-0.05, 0) is 32.0 Å². The van der Waals surface area contributed by atoms with E-state index < -0.39 is 14.1 Å². The number of methoxy groups -OCH3 is 1. The highest BCUT2D eigenvalue weighted by molar-refractivity contribution is 6.74. The van der Waals surface area contributed by atoms with E-state index in [1.165, 1.54) is 7.11 Å². The molecule has 2 fully saturated rings. The molecule has 0 spiro atoms. The molecule has 0 aliphatic carbocycles. The van der Waals surface area contributed by atoms with Crippen molar-refractivity contribution in [1.82, 2.24) is 0 Å². The van der Waals surface area contributed by atoms with Crippen molar-refractivity contribution in [2.24, 2.45) is 0 Å². The van der Waals surface area contributed by atoms with Gasteiger partial charge in [0.1, 0.15) is 18.3 Å². The summed E-state index contributed by atoms with van der Waals surface area (Å²) < 4.78 is 29.1. The lowest BCUT2D eigenvalue weighted by molar-refractivity contribution is -0.192. The predicted molar refractivity (Wildman–Crippen MR) is 92.3 cm³/mol. The van der Waals surface area contributed by atoms with Gasteiger partial charge in [0.2, 0.25) is 0 Å². The average molecular weight is 361 g/mol. The van der Waals surface area contributed by atoms with Gasteiger partial charge in [-0.15, -0.1) is 0 Å². The number of carbonyl (C=O) groups is 1. The summed E-state index contributed by atoms with van der Waals surface area (Å²) in [6, 6.07) is 0. The van der Waals surface area contributed by atoms with E-state index in [1.54, 1.807) is 0 Å². The van der Waals surface area contributed by atoms with Crippen LogP contribution in [-0.4, -0.2) is 58.2 Å². The van der Waals surface area contributed by atoms with E-state index in [4.69, 9.17) is 23.4 Å². The molecule has 0 N–H and O–H groups in total. The third-order valence-corrected chi connectivity index (χ3v) is 9.76. The Bertz CT molecular complexity index is 470. The van der Waals surface area contributed by atoms with Gasteiger partial charge in [0.25, 0.3) is 0 Å². The molecule has 0 unspecified atom stereocenters. The lowest BCUT2D eigenvalue weighted by atomic mass is 10.1. The molecule has 2 saturated heterocycles. The Kier molecular flexibility index (Phi) is 5.53. The topological polar surface area (TPSA) is 63.2 Å². The van der Waals surface area contributed by atoms with E-state index in [1.807, 2.05) is 13.8 Å². The molecular formula is C17H32O6Si. The molecule has 0 bridgehead atoms. The van der Waals surface area contributed by atoms with Gasteiger partial charge in [0, 0.05) is 0 Å². The first-order chi connectivity index (χ1) is 10.9. The van der Waals surface area contributed by atoms with Crippen molar-refractivity contribution >= 4 is 14.3 Å². The summed E-state index contributed by atoms with van der Waals surface area (Å²) in [6.07, 6.45) is -0.933. The first-order valence-corrected chi connectivity index (χ1v) is 11.5. The standard InChI is InChI=1S/C17H32O6Si/c1-16(2,3)24(7,8)20-10-12-15-14(22-17(4,5)23-15)11(21-12)9-13(18)19-6/h11-12,14-15H,9-10H2,1-8H3/t11-,12+,14+,15-/m0/s1. The van der Waals surface area contributed by atoms with Crippen LogP contribution in [0, 0.1) is 0 Å². The quantitative estimate of drug-likeness (QED) is 0.555. The van der Waals surface area contributed by atoms with E-state index in [-0.39, 0.29) is 41.8 Å². The van der Waals surface area contributed by atoms with Gasteiger partial charge >= 0.3 is 5.97 Å². The van der Waals surface area contributed by atoms with Gasteiger partial charge in [-0.25, -0.2) is 0 Å². The molecular weight excluding hydrogens is 328 g/mol.